The molecule has 2 amide bonds. The Labute approximate surface area is 191 Å². The number of benzene rings is 2. The third kappa shape index (κ3) is 3.66. The summed E-state index contributed by atoms with van der Waals surface area (Å²) in [6.07, 6.45) is 5.41. The molecule has 168 valence electrons. The quantitative estimate of drug-likeness (QED) is 0.447. The smallest absolute Gasteiger partial charge is 0.259 e. The summed E-state index contributed by atoms with van der Waals surface area (Å²) in [6, 6.07) is 15.4. The second kappa shape index (κ2) is 7.74. The van der Waals surface area contributed by atoms with Crippen LogP contribution in [0.5, 0.6) is 0 Å². The summed E-state index contributed by atoms with van der Waals surface area (Å²) in [7, 11) is -1.16. The summed E-state index contributed by atoms with van der Waals surface area (Å²) in [5, 5.41) is 4.21. The largest absolute Gasteiger partial charge is 0.350 e. The van der Waals surface area contributed by atoms with E-state index in [0.29, 0.717) is 35.2 Å². The van der Waals surface area contributed by atoms with Gasteiger partial charge in [-0.2, -0.15) is 0 Å². The van der Waals surface area contributed by atoms with Crippen molar-refractivity contribution in [2.24, 2.45) is 7.05 Å². The molecule has 4 aromatic rings. The van der Waals surface area contributed by atoms with Crippen LogP contribution in [-0.4, -0.2) is 41.4 Å². The lowest BCUT2D eigenvalue weighted by Crippen LogP contribution is -2.22. The van der Waals surface area contributed by atoms with Crippen LogP contribution < -0.4 is 5.32 Å². The zero-order chi connectivity index (χ0) is 23.3. The number of fused-ring (bicyclic) bond motifs is 2. The van der Waals surface area contributed by atoms with E-state index in [1.165, 1.54) is 6.26 Å². The molecule has 7 nitrogen and oxygen atoms in total. The molecule has 8 heteroatoms. The molecule has 0 spiro atoms. The number of amides is 2. The summed E-state index contributed by atoms with van der Waals surface area (Å²) < 4.78 is 27.1. The summed E-state index contributed by atoms with van der Waals surface area (Å²) in [4.78, 5) is 26.0. The topological polar surface area (TPSA) is 90.2 Å². The number of sulfone groups is 1. The van der Waals surface area contributed by atoms with Crippen molar-refractivity contribution < 1.29 is 18.0 Å². The third-order valence-corrected chi connectivity index (χ3v) is 7.10. The standard InChI is InChI=1S/C25H23N3O4S/c1-27-14-18(16-8-3-5-10-20(16)27)22-23(25(30)26-24(22)29)19-15-28(12-7-13-33(2,31)32)21-11-6-4-9-17(19)21/h3-6,8-11,14-15H,7,12-13H2,1-2H3,(H,26,29,30). The van der Waals surface area contributed by atoms with Crippen molar-refractivity contribution in [2.75, 3.05) is 12.0 Å². The first-order chi connectivity index (χ1) is 15.7. The summed E-state index contributed by atoms with van der Waals surface area (Å²) in [5.41, 5.74) is 3.93. The van der Waals surface area contributed by atoms with E-state index in [9.17, 15) is 18.0 Å². The minimum Gasteiger partial charge on any atom is -0.350 e. The number of imide groups is 1. The molecule has 1 aliphatic rings. The highest BCUT2D eigenvalue weighted by molar-refractivity contribution is 7.90. The van der Waals surface area contributed by atoms with Gasteiger partial charge in [0, 0.05) is 65.2 Å². The number of carbonyl (C=O) groups is 2. The van der Waals surface area contributed by atoms with Gasteiger partial charge in [-0.3, -0.25) is 14.9 Å². The van der Waals surface area contributed by atoms with E-state index >= 15 is 0 Å². The Balaban J connectivity index is 1.71. The SMILES string of the molecule is Cn1cc(C2=C(c3cn(CCCS(C)(=O)=O)c4ccccc34)C(=O)NC2=O)c2ccccc21. The van der Waals surface area contributed by atoms with Crippen LogP contribution in [0.15, 0.2) is 60.9 Å². The van der Waals surface area contributed by atoms with Crippen molar-refractivity contribution in [3.63, 3.8) is 0 Å². The number of aromatic nitrogens is 2. The number of nitrogens with zero attached hydrogens (tertiary/aromatic N) is 2. The molecule has 0 unspecified atom stereocenters. The molecular weight excluding hydrogens is 438 g/mol. The van der Waals surface area contributed by atoms with E-state index < -0.39 is 21.7 Å². The van der Waals surface area contributed by atoms with Crippen LogP contribution in [0, 0.1) is 0 Å². The Kier molecular flexibility index (Phi) is 4.97. The van der Waals surface area contributed by atoms with Gasteiger partial charge in [0.2, 0.25) is 0 Å². The second-order valence-corrected chi connectivity index (χ2v) is 10.7. The monoisotopic (exact) mass is 461 g/mol. The average molecular weight is 462 g/mol. The van der Waals surface area contributed by atoms with Crippen molar-refractivity contribution in [3.05, 3.63) is 72.1 Å². The van der Waals surface area contributed by atoms with Crippen molar-refractivity contribution in [1.82, 2.24) is 14.5 Å². The molecule has 1 aliphatic heterocycles. The normalized spacial score (nSPS) is 14.6. The summed E-state index contributed by atoms with van der Waals surface area (Å²) >= 11 is 0. The molecule has 0 fully saturated rings. The van der Waals surface area contributed by atoms with Gasteiger partial charge in [-0.15, -0.1) is 0 Å². The van der Waals surface area contributed by atoms with Crippen molar-refractivity contribution in [1.29, 1.82) is 0 Å². The maximum Gasteiger partial charge on any atom is 0.259 e. The Morgan fingerprint density at radius 3 is 2.00 bits per heavy atom. The predicted octanol–water partition coefficient (Wildman–Crippen LogP) is 3.13. The van der Waals surface area contributed by atoms with Gasteiger partial charge in [0.05, 0.1) is 16.9 Å². The Morgan fingerprint density at radius 1 is 0.818 bits per heavy atom. The lowest BCUT2D eigenvalue weighted by molar-refractivity contribution is -0.122. The van der Waals surface area contributed by atoms with E-state index in [1.807, 2.05) is 77.1 Å². The fourth-order valence-corrected chi connectivity index (χ4v) is 5.29. The van der Waals surface area contributed by atoms with E-state index in [-0.39, 0.29) is 5.75 Å². The first-order valence-electron chi connectivity index (χ1n) is 10.6. The Morgan fingerprint density at radius 2 is 1.36 bits per heavy atom. The maximum absolute atomic E-state index is 13.0. The molecule has 0 bridgehead atoms. The van der Waals surface area contributed by atoms with Crippen LogP contribution >= 0.6 is 0 Å². The average Bonchev–Trinajstić information content (AvgIpc) is 3.38. The zero-order valence-electron chi connectivity index (χ0n) is 18.3. The fraction of sp³-hybridized carbons (Fsp3) is 0.200. The van der Waals surface area contributed by atoms with Gasteiger partial charge in [0.1, 0.15) is 9.84 Å². The predicted molar refractivity (Wildman–Crippen MR) is 129 cm³/mol. The molecule has 2 aromatic heterocycles. The molecule has 0 atom stereocenters. The molecule has 5 rings (SSSR count). The second-order valence-electron chi connectivity index (χ2n) is 8.44. The van der Waals surface area contributed by atoms with Crippen molar-refractivity contribution in [3.8, 4) is 0 Å². The maximum atomic E-state index is 13.0. The first kappa shape index (κ1) is 21.2. The van der Waals surface area contributed by atoms with E-state index in [4.69, 9.17) is 0 Å². The molecule has 0 radical (unpaired) electrons. The molecule has 1 N–H and O–H groups in total. The minimum absolute atomic E-state index is 0.0811. The number of rotatable bonds is 6. The first-order valence-corrected chi connectivity index (χ1v) is 12.7. The Hall–Kier alpha value is -3.65. The van der Waals surface area contributed by atoms with Gasteiger partial charge >= 0.3 is 0 Å². The molecule has 0 saturated carbocycles. The van der Waals surface area contributed by atoms with Gasteiger partial charge in [-0.05, 0) is 18.6 Å². The molecule has 2 aromatic carbocycles. The van der Waals surface area contributed by atoms with E-state index in [2.05, 4.69) is 5.32 Å². The van der Waals surface area contributed by atoms with Crippen molar-refractivity contribution >= 4 is 54.6 Å². The van der Waals surface area contributed by atoms with Gasteiger partial charge in [0.15, 0.2) is 0 Å². The number of nitrogens with one attached hydrogen (secondary N) is 1. The fourth-order valence-electron chi connectivity index (χ4n) is 4.64. The molecular formula is C25H23N3O4S. The van der Waals surface area contributed by atoms with E-state index in [0.717, 1.165) is 21.8 Å². The number of para-hydroxylation sites is 2. The van der Waals surface area contributed by atoms with Gasteiger partial charge in [0.25, 0.3) is 11.8 Å². The minimum atomic E-state index is -3.07. The van der Waals surface area contributed by atoms with Crippen LogP contribution in [0.2, 0.25) is 0 Å². The van der Waals surface area contributed by atoms with Crippen LogP contribution in [0.3, 0.4) is 0 Å². The number of hydrogen-bond acceptors (Lipinski definition) is 4. The molecule has 3 heterocycles. The number of carbonyl (C=O) groups excluding carboxylic acids is 2. The molecule has 0 aliphatic carbocycles. The van der Waals surface area contributed by atoms with Crippen LogP contribution in [0.25, 0.3) is 33.0 Å². The highest BCUT2D eigenvalue weighted by Gasteiger charge is 2.35. The summed E-state index contributed by atoms with van der Waals surface area (Å²) in [5.74, 6) is -0.764. The van der Waals surface area contributed by atoms with Crippen LogP contribution in [0.1, 0.15) is 17.5 Å². The van der Waals surface area contributed by atoms with Gasteiger partial charge < -0.3 is 9.13 Å². The van der Waals surface area contributed by atoms with Crippen LogP contribution in [0.4, 0.5) is 0 Å². The molecule has 33 heavy (non-hydrogen) atoms. The lowest BCUT2D eigenvalue weighted by Gasteiger charge is -2.04. The van der Waals surface area contributed by atoms with Crippen molar-refractivity contribution in [2.45, 2.75) is 13.0 Å². The number of hydrogen-bond donors (Lipinski definition) is 1. The summed E-state index contributed by atoms with van der Waals surface area (Å²) in [6.45, 7) is 0.486. The third-order valence-electron chi connectivity index (χ3n) is 6.07. The highest BCUT2D eigenvalue weighted by atomic mass is 32.2. The zero-order valence-corrected chi connectivity index (χ0v) is 19.1. The van der Waals surface area contributed by atoms with Gasteiger partial charge in [-0.25, -0.2) is 8.42 Å². The van der Waals surface area contributed by atoms with E-state index in [1.54, 1.807) is 0 Å². The highest BCUT2D eigenvalue weighted by Crippen LogP contribution is 2.38. The van der Waals surface area contributed by atoms with Crippen LogP contribution in [-0.2, 0) is 33.0 Å². The Bertz CT molecular complexity index is 1590. The number of aryl methyl sites for hydroxylation is 2. The van der Waals surface area contributed by atoms with Gasteiger partial charge in [-0.1, -0.05) is 36.4 Å². The lowest BCUT2D eigenvalue weighted by atomic mass is 9.95. The molecule has 0 saturated heterocycles.